The third-order valence-corrected chi connectivity index (χ3v) is 6.55. The minimum atomic E-state index is -0.388. The Morgan fingerprint density at radius 2 is 2.11 bits per heavy atom. The molecule has 27 heavy (non-hydrogen) atoms. The van der Waals surface area contributed by atoms with Crippen LogP contribution >= 0.6 is 11.3 Å². The molecule has 1 atom stereocenters. The molecule has 0 spiro atoms. The van der Waals surface area contributed by atoms with Gasteiger partial charge in [0.05, 0.1) is 5.92 Å². The number of aromatic nitrogens is 1. The second-order valence-electron chi connectivity index (χ2n) is 7.41. The van der Waals surface area contributed by atoms with E-state index in [1.165, 1.54) is 17.4 Å². The van der Waals surface area contributed by atoms with Crippen LogP contribution in [0.2, 0.25) is 0 Å². The minimum absolute atomic E-state index is 0.0743. The van der Waals surface area contributed by atoms with Crippen molar-refractivity contribution in [2.45, 2.75) is 37.5 Å². The van der Waals surface area contributed by atoms with E-state index in [1.54, 1.807) is 17.2 Å². The Labute approximate surface area is 161 Å². The second-order valence-corrected chi connectivity index (χ2v) is 8.28. The molecule has 2 heterocycles. The van der Waals surface area contributed by atoms with Crippen LogP contribution in [-0.4, -0.2) is 29.9 Å². The first-order valence-electron chi connectivity index (χ1n) is 9.32. The normalized spacial score (nSPS) is 21.6. The fourth-order valence-corrected chi connectivity index (χ4v) is 4.97. The number of hydrogen-bond acceptors (Lipinski definition) is 4. The number of benzene rings is 1. The monoisotopic (exact) mass is 387 g/mol. The second kappa shape index (κ2) is 7.38. The van der Waals surface area contributed by atoms with Crippen molar-refractivity contribution in [1.29, 1.82) is 0 Å². The molecular formula is C20H22FN3O2S. The Hall–Kier alpha value is -2.28. The number of amides is 2. The molecule has 0 radical (unpaired) electrons. The Kier molecular flexibility index (Phi) is 4.95. The average Bonchev–Trinajstić information content (AvgIpc) is 3.41. The van der Waals surface area contributed by atoms with Gasteiger partial charge in [0.2, 0.25) is 11.8 Å². The van der Waals surface area contributed by atoms with Gasteiger partial charge in [-0.3, -0.25) is 14.5 Å². The molecule has 1 N–H and O–H groups in total. The Bertz CT molecular complexity index is 834. The van der Waals surface area contributed by atoms with Crippen molar-refractivity contribution in [1.82, 2.24) is 10.3 Å². The van der Waals surface area contributed by atoms with Gasteiger partial charge >= 0.3 is 0 Å². The molecule has 1 aromatic carbocycles. The Morgan fingerprint density at radius 3 is 2.81 bits per heavy atom. The number of rotatable bonds is 5. The molecule has 1 aliphatic carbocycles. The molecule has 0 bridgehead atoms. The van der Waals surface area contributed by atoms with Gasteiger partial charge in [0.15, 0.2) is 5.13 Å². The lowest BCUT2D eigenvalue weighted by atomic mass is 9.78. The average molecular weight is 387 g/mol. The molecule has 4 rings (SSSR count). The highest BCUT2D eigenvalue weighted by Crippen LogP contribution is 2.41. The molecule has 2 aromatic rings. The molecule has 1 aliphatic heterocycles. The van der Waals surface area contributed by atoms with E-state index >= 15 is 0 Å². The van der Waals surface area contributed by atoms with E-state index in [0.717, 1.165) is 25.7 Å². The Morgan fingerprint density at radius 1 is 1.33 bits per heavy atom. The van der Waals surface area contributed by atoms with Gasteiger partial charge in [-0.1, -0.05) is 31.0 Å². The molecule has 1 aromatic heterocycles. The number of nitrogens with zero attached hydrogens (tertiary/aromatic N) is 2. The lowest BCUT2D eigenvalue weighted by Crippen LogP contribution is -2.42. The molecule has 1 unspecified atom stereocenters. The highest BCUT2D eigenvalue weighted by Gasteiger charge is 2.40. The van der Waals surface area contributed by atoms with Gasteiger partial charge in [0.1, 0.15) is 5.82 Å². The van der Waals surface area contributed by atoms with Crippen LogP contribution in [0.4, 0.5) is 9.52 Å². The highest BCUT2D eigenvalue weighted by molar-refractivity contribution is 7.13. The summed E-state index contributed by atoms with van der Waals surface area (Å²) in [7, 11) is 0. The minimum Gasteiger partial charge on any atom is -0.355 e. The fraction of sp³-hybridized carbons (Fsp3) is 0.450. The predicted octanol–water partition coefficient (Wildman–Crippen LogP) is 3.26. The number of halogens is 1. The van der Waals surface area contributed by atoms with E-state index in [1.807, 2.05) is 17.5 Å². The lowest BCUT2D eigenvalue weighted by molar-refractivity contribution is -0.126. The summed E-state index contributed by atoms with van der Waals surface area (Å²) in [5.41, 5.74) is 0.341. The molecule has 2 aliphatic rings. The standard InChI is InChI=1S/C20H22FN3O2S/c21-16-6-2-1-5-15(16)20(7-3-4-8-20)13-23-18(26)14-11-17(25)24(12-14)19-22-9-10-27-19/h1-2,5-6,9-10,14H,3-4,7-8,11-13H2,(H,23,26). The summed E-state index contributed by atoms with van der Waals surface area (Å²) in [4.78, 5) is 30.7. The van der Waals surface area contributed by atoms with E-state index in [2.05, 4.69) is 10.3 Å². The van der Waals surface area contributed by atoms with Gasteiger partial charge in [0.25, 0.3) is 0 Å². The van der Waals surface area contributed by atoms with E-state index in [-0.39, 0.29) is 35.4 Å². The summed E-state index contributed by atoms with van der Waals surface area (Å²) >= 11 is 1.39. The first-order chi connectivity index (χ1) is 13.1. The van der Waals surface area contributed by atoms with Crippen molar-refractivity contribution in [2.75, 3.05) is 18.0 Å². The van der Waals surface area contributed by atoms with Crippen molar-refractivity contribution >= 4 is 28.3 Å². The van der Waals surface area contributed by atoms with Crippen LogP contribution in [0, 0.1) is 11.7 Å². The molecule has 2 fully saturated rings. The SMILES string of the molecule is O=C(NCC1(c2ccccc2F)CCCC1)C1CC(=O)N(c2nccs2)C1. The van der Waals surface area contributed by atoms with Crippen molar-refractivity contribution < 1.29 is 14.0 Å². The van der Waals surface area contributed by atoms with Gasteiger partial charge in [-0.15, -0.1) is 11.3 Å². The molecule has 7 heteroatoms. The van der Waals surface area contributed by atoms with E-state index < -0.39 is 0 Å². The molecule has 5 nitrogen and oxygen atoms in total. The topological polar surface area (TPSA) is 62.3 Å². The molecule has 1 saturated heterocycles. The molecule has 2 amide bonds. The highest BCUT2D eigenvalue weighted by atomic mass is 32.1. The predicted molar refractivity (Wildman–Crippen MR) is 102 cm³/mol. The van der Waals surface area contributed by atoms with Crippen molar-refractivity contribution in [3.8, 4) is 0 Å². The zero-order chi connectivity index (χ0) is 18.9. The fourth-order valence-electron chi connectivity index (χ4n) is 4.30. The third-order valence-electron chi connectivity index (χ3n) is 5.75. The maximum atomic E-state index is 14.4. The number of nitrogens with one attached hydrogen (secondary N) is 1. The van der Waals surface area contributed by atoms with E-state index in [0.29, 0.717) is 23.8 Å². The maximum Gasteiger partial charge on any atom is 0.229 e. The van der Waals surface area contributed by atoms with Gasteiger partial charge in [-0.25, -0.2) is 9.37 Å². The van der Waals surface area contributed by atoms with Crippen LogP contribution in [0.5, 0.6) is 0 Å². The smallest absolute Gasteiger partial charge is 0.229 e. The van der Waals surface area contributed by atoms with Gasteiger partial charge in [-0.05, 0) is 24.5 Å². The molecule has 1 saturated carbocycles. The lowest BCUT2D eigenvalue weighted by Gasteiger charge is -2.30. The summed E-state index contributed by atoms with van der Waals surface area (Å²) in [5, 5.41) is 5.46. The maximum absolute atomic E-state index is 14.4. The number of carbonyl (C=O) groups excluding carboxylic acids is 2. The van der Waals surface area contributed by atoms with Crippen molar-refractivity contribution in [2.24, 2.45) is 5.92 Å². The largest absolute Gasteiger partial charge is 0.355 e. The number of carbonyl (C=O) groups is 2. The summed E-state index contributed by atoms with van der Waals surface area (Å²) in [6.07, 6.45) is 5.64. The summed E-state index contributed by atoms with van der Waals surface area (Å²) in [6, 6.07) is 6.86. The van der Waals surface area contributed by atoms with Crippen LogP contribution in [0.3, 0.4) is 0 Å². The van der Waals surface area contributed by atoms with E-state index in [9.17, 15) is 14.0 Å². The van der Waals surface area contributed by atoms with Gasteiger partial charge < -0.3 is 5.32 Å². The summed E-state index contributed by atoms with van der Waals surface area (Å²) < 4.78 is 14.4. The third kappa shape index (κ3) is 3.48. The van der Waals surface area contributed by atoms with Gasteiger partial charge in [-0.2, -0.15) is 0 Å². The molecule has 142 valence electrons. The zero-order valence-electron chi connectivity index (χ0n) is 15.0. The van der Waals surface area contributed by atoms with Crippen LogP contribution < -0.4 is 10.2 Å². The first kappa shape index (κ1) is 18.1. The number of thiazole rings is 1. The number of anilines is 1. The van der Waals surface area contributed by atoms with Gasteiger partial charge in [0, 0.05) is 36.5 Å². The first-order valence-corrected chi connectivity index (χ1v) is 10.2. The van der Waals surface area contributed by atoms with Crippen LogP contribution in [0.1, 0.15) is 37.7 Å². The van der Waals surface area contributed by atoms with Crippen LogP contribution in [0.15, 0.2) is 35.8 Å². The quantitative estimate of drug-likeness (QED) is 0.857. The molecular weight excluding hydrogens is 365 g/mol. The van der Waals surface area contributed by atoms with Crippen molar-refractivity contribution in [3.63, 3.8) is 0 Å². The van der Waals surface area contributed by atoms with Crippen molar-refractivity contribution in [3.05, 3.63) is 47.2 Å². The van der Waals surface area contributed by atoms with Crippen LogP contribution in [0.25, 0.3) is 0 Å². The van der Waals surface area contributed by atoms with E-state index in [4.69, 9.17) is 0 Å². The Balaban J connectivity index is 1.44. The zero-order valence-corrected chi connectivity index (χ0v) is 15.8. The summed E-state index contributed by atoms with van der Waals surface area (Å²) in [6.45, 7) is 0.763. The number of hydrogen-bond donors (Lipinski definition) is 1. The van der Waals surface area contributed by atoms with Crippen LogP contribution in [-0.2, 0) is 15.0 Å². The summed E-state index contributed by atoms with van der Waals surface area (Å²) in [5.74, 6) is -0.806.